The van der Waals surface area contributed by atoms with Crippen LogP contribution in [-0.2, 0) is 6.42 Å². The first-order valence-electron chi connectivity index (χ1n) is 4.01. The van der Waals surface area contributed by atoms with Crippen LogP contribution in [0.2, 0.25) is 0 Å². The van der Waals surface area contributed by atoms with Crippen LogP contribution in [0.25, 0.3) is 0 Å². The Morgan fingerprint density at radius 2 is 1.92 bits per heavy atom. The first-order valence-corrected chi connectivity index (χ1v) is 4.01. The lowest BCUT2D eigenvalue weighted by atomic mass is 10.1. The van der Waals surface area contributed by atoms with Gasteiger partial charge in [0, 0.05) is 6.04 Å². The van der Waals surface area contributed by atoms with Gasteiger partial charge >= 0.3 is 0 Å². The summed E-state index contributed by atoms with van der Waals surface area (Å²) in [6, 6.07) is 6.44. The Kier molecular flexibility index (Phi) is 3.23. The van der Waals surface area contributed by atoms with E-state index in [-0.39, 0.29) is 11.9 Å². The molecule has 0 saturated carbocycles. The van der Waals surface area contributed by atoms with Crippen molar-refractivity contribution in [2.45, 2.75) is 18.9 Å². The fraction of sp³-hybridized carbons (Fsp3) is 0.300. The number of aryl methyl sites for hydroxylation is 1. The Balaban J connectivity index is 2.48. The summed E-state index contributed by atoms with van der Waals surface area (Å²) < 4.78 is 12.4. The van der Waals surface area contributed by atoms with E-state index in [1.807, 2.05) is 0 Å². The highest BCUT2D eigenvalue weighted by Gasteiger charge is 1.96. The smallest absolute Gasteiger partial charge is 0.123 e. The molecule has 1 rings (SSSR count). The second-order valence-electron chi connectivity index (χ2n) is 2.93. The van der Waals surface area contributed by atoms with Crippen molar-refractivity contribution in [1.82, 2.24) is 0 Å². The number of hydrogen-bond donors (Lipinski definition) is 1. The number of benzene rings is 1. The van der Waals surface area contributed by atoms with Crippen LogP contribution in [0, 0.1) is 12.7 Å². The van der Waals surface area contributed by atoms with Crippen molar-refractivity contribution in [3.8, 4) is 0 Å². The Hall–Kier alpha value is -0.890. The predicted octanol–water partition coefficient (Wildman–Crippen LogP) is 1.92. The summed E-state index contributed by atoms with van der Waals surface area (Å²) in [6.45, 7) is 3.67. The van der Waals surface area contributed by atoms with Crippen LogP contribution >= 0.6 is 0 Å². The van der Waals surface area contributed by atoms with Gasteiger partial charge in [-0.2, -0.15) is 0 Å². The molecule has 0 aromatic heterocycles. The van der Waals surface area contributed by atoms with Crippen molar-refractivity contribution in [2.24, 2.45) is 5.73 Å². The zero-order valence-electron chi connectivity index (χ0n) is 6.96. The molecule has 0 saturated heterocycles. The molecule has 2 heteroatoms. The minimum atomic E-state index is -0.197. The maximum absolute atomic E-state index is 12.4. The predicted molar refractivity (Wildman–Crippen MR) is 48.1 cm³/mol. The first kappa shape index (κ1) is 9.20. The van der Waals surface area contributed by atoms with Crippen molar-refractivity contribution in [3.05, 3.63) is 42.6 Å². The molecule has 1 aromatic rings. The minimum Gasteiger partial charge on any atom is -0.328 e. The van der Waals surface area contributed by atoms with Gasteiger partial charge in [-0.15, -0.1) is 0 Å². The molecule has 0 fully saturated rings. The quantitative estimate of drug-likeness (QED) is 0.729. The van der Waals surface area contributed by atoms with E-state index < -0.39 is 0 Å². The largest absolute Gasteiger partial charge is 0.328 e. The standard InChI is InChI=1S/C10H13FN/c1-8(12)2-3-9-4-6-10(11)7-5-9/h4-8H,1-3,12H2. The SMILES string of the molecule is [CH2]C(N)CCc1ccc(F)cc1. The molecule has 1 unspecified atom stereocenters. The van der Waals surface area contributed by atoms with Gasteiger partial charge in [0.2, 0.25) is 0 Å². The van der Waals surface area contributed by atoms with Gasteiger partial charge in [-0.1, -0.05) is 12.1 Å². The Morgan fingerprint density at radius 3 is 2.42 bits per heavy atom. The van der Waals surface area contributed by atoms with Crippen molar-refractivity contribution in [3.63, 3.8) is 0 Å². The third kappa shape index (κ3) is 3.01. The number of halogens is 1. The van der Waals surface area contributed by atoms with E-state index >= 15 is 0 Å². The van der Waals surface area contributed by atoms with E-state index in [2.05, 4.69) is 6.92 Å². The summed E-state index contributed by atoms with van der Waals surface area (Å²) in [6.07, 6.45) is 1.70. The molecule has 0 heterocycles. The van der Waals surface area contributed by atoms with Crippen molar-refractivity contribution < 1.29 is 4.39 Å². The van der Waals surface area contributed by atoms with Gasteiger partial charge in [-0.3, -0.25) is 0 Å². The third-order valence-electron chi connectivity index (χ3n) is 1.72. The minimum absolute atomic E-state index is 0.0324. The Bertz CT molecular complexity index is 228. The summed E-state index contributed by atoms with van der Waals surface area (Å²) in [5.41, 5.74) is 6.59. The fourth-order valence-electron chi connectivity index (χ4n) is 1.00. The van der Waals surface area contributed by atoms with Crippen LogP contribution in [-0.4, -0.2) is 6.04 Å². The fourth-order valence-corrected chi connectivity index (χ4v) is 1.00. The molecule has 2 N–H and O–H groups in total. The maximum Gasteiger partial charge on any atom is 0.123 e. The molecule has 12 heavy (non-hydrogen) atoms. The van der Waals surface area contributed by atoms with Gasteiger partial charge in [-0.05, 0) is 37.5 Å². The molecule has 0 aliphatic rings. The van der Waals surface area contributed by atoms with Crippen molar-refractivity contribution >= 4 is 0 Å². The van der Waals surface area contributed by atoms with Gasteiger partial charge < -0.3 is 5.73 Å². The highest BCUT2D eigenvalue weighted by Crippen LogP contribution is 2.05. The first-order chi connectivity index (χ1) is 5.68. The Morgan fingerprint density at radius 1 is 1.33 bits per heavy atom. The van der Waals surface area contributed by atoms with Gasteiger partial charge in [0.25, 0.3) is 0 Å². The summed E-state index contributed by atoms with van der Waals surface area (Å²) in [4.78, 5) is 0. The summed E-state index contributed by atoms with van der Waals surface area (Å²) >= 11 is 0. The van der Waals surface area contributed by atoms with E-state index in [1.54, 1.807) is 12.1 Å². The van der Waals surface area contributed by atoms with Crippen LogP contribution in [0.5, 0.6) is 0 Å². The second kappa shape index (κ2) is 4.21. The molecular weight excluding hydrogens is 153 g/mol. The molecule has 0 aliphatic carbocycles. The second-order valence-corrected chi connectivity index (χ2v) is 2.93. The van der Waals surface area contributed by atoms with Gasteiger partial charge in [0.15, 0.2) is 0 Å². The lowest BCUT2D eigenvalue weighted by molar-refractivity contribution is 0.626. The van der Waals surface area contributed by atoms with Gasteiger partial charge in [0.1, 0.15) is 5.82 Å². The van der Waals surface area contributed by atoms with E-state index in [0.717, 1.165) is 18.4 Å². The zero-order chi connectivity index (χ0) is 8.97. The Labute approximate surface area is 72.4 Å². The maximum atomic E-state index is 12.4. The average molecular weight is 166 g/mol. The summed E-state index contributed by atoms with van der Waals surface area (Å²) in [5, 5.41) is 0. The molecule has 1 atom stereocenters. The normalized spacial score (nSPS) is 12.9. The number of hydrogen-bond acceptors (Lipinski definition) is 1. The molecule has 1 nitrogen and oxygen atoms in total. The van der Waals surface area contributed by atoms with E-state index in [4.69, 9.17) is 5.73 Å². The van der Waals surface area contributed by atoms with E-state index in [1.165, 1.54) is 12.1 Å². The van der Waals surface area contributed by atoms with E-state index in [0.29, 0.717) is 0 Å². The van der Waals surface area contributed by atoms with Crippen LogP contribution in [0.4, 0.5) is 4.39 Å². The lowest BCUT2D eigenvalue weighted by Crippen LogP contribution is -2.15. The van der Waals surface area contributed by atoms with Crippen molar-refractivity contribution in [1.29, 1.82) is 0 Å². The molecular formula is C10H13FN. The highest BCUT2D eigenvalue weighted by molar-refractivity contribution is 5.16. The summed E-state index contributed by atoms with van der Waals surface area (Å²) in [5.74, 6) is -0.197. The molecule has 65 valence electrons. The van der Waals surface area contributed by atoms with Gasteiger partial charge in [-0.25, -0.2) is 4.39 Å². The molecule has 0 spiro atoms. The van der Waals surface area contributed by atoms with E-state index in [9.17, 15) is 4.39 Å². The van der Waals surface area contributed by atoms with Crippen LogP contribution in [0.1, 0.15) is 12.0 Å². The van der Waals surface area contributed by atoms with Crippen LogP contribution in [0.3, 0.4) is 0 Å². The third-order valence-corrected chi connectivity index (χ3v) is 1.72. The lowest BCUT2D eigenvalue weighted by Gasteiger charge is -2.03. The number of nitrogens with two attached hydrogens (primary N) is 1. The summed E-state index contributed by atoms with van der Waals surface area (Å²) in [7, 11) is 0. The zero-order valence-corrected chi connectivity index (χ0v) is 6.96. The average Bonchev–Trinajstić information content (AvgIpc) is 2.03. The number of rotatable bonds is 3. The van der Waals surface area contributed by atoms with Gasteiger partial charge in [0.05, 0.1) is 0 Å². The highest BCUT2D eigenvalue weighted by atomic mass is 19.1. The monoisotopic (exact) mass is 166 g/mol. The van der Waals surface area contributed by atoms with Crippen molar-refractivity contribution in [2.75, 3.05) is 0 Å². The molecule has 1 aromatic carbocycles. The molecule has 0 amide bonds. The molecule has 1 radical (unpaired) electrons. The molecule has 0 bridgehead atoms. The van der Waals surface area contributed by atoms with Crippen LogP contribution < -0.4 is 5.73 Å². The van der Waals surface area contributed by atoms with Crippen LogP contribution in [0.15, 0.2) is 24.3 Å². The molecule has 0 aliphatic heterocycles. The topological polar surface area (TPSA) is 26.0 Å².